The molecule has 1 N–H and O–H groups in total. The van der Waals surface area contributed by atoms with Crippen molar-refractivity contribution in [3.63, 3.8) is 0 Å². The number of carbonyl (C=O) groups excluding carboxylic acids is 2. The van der Waals surface area contributed by atoms with E-state index in [9.17, 15) is 9.59 Å². The van der Waals surface area contributed by atoms with Crippen LogP contribution in [0, 0.1) is 0 Å². The minimum absolute atomic E-state index is 0.0291. The van der Waals surface area contributed by atoms with E-state index in [-0.39, 0.29) is 17.2 Å². The first kappa shape index (κ1) is 23.8. The molecule has 1 aliphatic heterocycles. The van der Waals surface area contributed by atoms with E-state index in [2.05, 4.69) is 55.3 Å². The van der Waals surface area contributed by atoms with Gasteiger partial charge in [0.05, 0.1) is 13.2 Å². The highest BCUT2D eigenvalue weighted by Gasteiger charge is 2.21. The Labute approximate surface area is 191 Å². The molecule has 2 aromatic carbocycles. The van der Waals surface area contributed by atoms with Gasteiger partial charge in [-0.3, -0.25) is 9.59 Å². The lowest BCUT2D eigenvalue weighted by Gasteiger charge is -2.29. The summed E-state index contributed by atoms with van der Waals surface area (Å²) in [5.41, 5.74) is 3.97. The Bertz CT molecular complexity index is 911. The molecule has 0 bridgehead atoms. The molecule has 1 atom stereocenters. The molecule has 6 heteroatoms. The maximum atomic E-state index is 12.8. The average molecular weight is 438 g/mol. The molecule has 0 aliphatic carbocycles. The molecule has 2 aromatic rings. The number of anilines is 1. The van der Waals surface area contributed by atoms with Gasteiger partial charge in [0.1, 0.15) is 6.04 Å². The zero-order chi connectivity index (χ0) is 23.3. The summed E-state index contributed by atoms with van der Waals surface area (Å²) in [5.74, 6) is -0.364. The summed E-state index contributed by atoms with van der Waals surface area (Å²) in [6, 6.07) is 15.2. The molecule has 1 unspecified atom stereocenters. The predicted molar refractivity (Wildman–Crippen MR) is 128 cm³/mol. The van der Waals surface area contributed by atoms with Crippen LogP contribution in [0.4, 0.5) is 5.69 Å². The SMILES string of the molecule is CC(NC(=O)c1ccc(C(C)(C)C)cc1)C(=O)N(C)Cc1ccc(N2CCOCC2)cc1. The van der Waals surface area contributed by atoms with E-state index >= 15 is 0 Å². The fourth-order valence-corrected chi connectivity index (χ4v) is 3.78. The van der Waals surface area contributed by atoms with Gasteiger partial charge in [0.25, 0.3) is 5.91 Å². The van der Waals surface area contributed by atoms with E-state index in [0.717, 1.165) is 37.4 Å². The summed E-state index contributed by atoms with van der Waals surface area (Å²) in [5, 5.41) is 2.82. The average Bonchev–Trinajstić information content (AvgIpc) is 2.79. The molecule has 0 aromatic heterocycles. The lowest BCUT2D eigenvalue weighted by Crippen LogP contribution is -2.45. The standard InChI is InChI=1S/C26H35N3O3/c1-19(27-24(30)21-8-10-22(11-9-21)26(2,3)4)25(31)28(5)18-20-6-12-23(13-7-20)29-14-16-32-17-15-29/h6-13,19H,14-18H2,1-5H3,(H,27,30). The van der Waals surface area contributed by atoms with E-state index in [0.29, 0.717) is 12.1 Å². The molecule has 0 saturated carbocycles. The van der Waals surface area contributed by atoms with Gasteiger partial charge in [0, 0.05) is 37.9 Å². The molecule has 1 heterocycles. The number of nitrogens with one attached hydrogen (secondary N) is 1. The maximum absolute atomic E-state index is 12.8. The normalized spacial score (nSPS) is 15.2. The Hall–Kier alpha value is -2.86. The molecule has 0 radical (unpaired) electrons. The van der Waals surface area contributed by atoms with Crippen molar-refractivity contribution >= 4 is 17.5 Å². The van der Waals surface area contributed by atoms with E-state index in [1.165, 1.54) is 5.69 Å². The molecule has 32 heavy (non-hydrogen) atoms. The largest absolute Gasteiger partial charge is 0.378 e. The second-order valence-corrected chi connectivity index (χ2v) is 9.48. The first-order valence-corrected chi connectivity index (χ1v) is 11.2. The van der Waals surface area contributed by atoms with Crippen LogP contribution in [0.1, 0.15) is 49.2 Å². The van der Waals surface area contributed by atoms with Gasteiger partial charge in [-0.25, -0.2) is 0 Å². The summed E-state index contributed by atoms with van der Waals surface area (Å²) < 4.78 is 5.40. The third kappa shape index (κ3) is 6.10. The number of rotatable bonds is 6. The molecule has 6 nitrogen and oxygen atoms in total. The van der Waals surface area contributed by atoms with Crippen LogP contribution in [-0.4, -0.2) is 56.1 Å². The third-order valence-electron chi connectivity index (χ3n) is 5.84. The van der Waals surface area contributed by atoms with Gasteiger partial charge in [-0.15, -0.1) is 0 Å². The van der Waals surface area contributed by atoms with Crippen molar-refractivity contribution in [1.82, 2.24) is 10.2 Å². The highest BCUT2D eigenvalue weighted by atomic mass is 16.5. The summed E-state index contributed by atoms with van der Waals surface area (Å²) in [6.45, 7) is 11.9. The predicted octanol–water partition coefficient (Wildman–Crippen LogP) is 3.60. The molecule has 1 fully saturated rings. The van der Waals surface area contributed by atoms with E-state index in [1.54, 1.807) is 18.9 Å². The van der Waals surface area contributed by atoms with Crippen LogP contribution in [0.3, 0.4) is 0 Å². The van der Waals surface area contributed by atoms with Crippen LogP contribution in [0.2, 0.25) is 0 Å². The van der Waals surface area contributed by atoms with E-state index < -0.39 is 6.04 Å². The van der Waals surface area contributed by atoms with Crippen molar-refractivity contribution in [3.8, 4) is 0 Å². The smallest absolute Gasteiger partial charge is 0.251 e. The number of benzene rings is 2. The van der Waals surface area contributed by atoms with Crippen molar-refractivity contribution in [2.45, 2.75) is 45.7 Å². The second-order valence-electron chi connectivity index (χ2n) is 9.48. The maximum Gasteiger partial charge on any atom is 0.251 e. The fourth-order valence-electron chi connectivity index (χ4n) is 3.78. The minimum atomic E-state index is -0.609. The van der Waals surface area contributed by atoms with Gasteiger partial charge in [-0.1, -0.05) is 45.0 Å². The van der Waals surface area contributed by atoms with Crippen molar-refractivity contribution in [2.75, 3.05) is 38.3 Å². The van der Waals surface area contributed by atoms with Crippen LogP contribution in [0.15, 0.2) is 48.5 Å². The van der Waals surface area contributed by atoms with Crippen molar-refractivity contribution in [3.05, 3.63) is 65.2 Å². The Kier molecular flexibility index (Phi) is 7.56. The number of hydrogen-bond acceptors (Lipinski definition) is 4. The molecule has 172 valence electrons. The lowest BCUT2D eigenvalue weighted by molar-refractivity contribution is -0.132. The number of morpholine rings is 1. The first-order chi connectivity index (χ1) is 15.1. The van der Waals surface area contributed by atoms with Crippen LogP contribution < -0.4 is 10.2 Å². The van der Waals surface area contributed by atoms with Crippen LogP contribution in [0.25, 0.3) is 0 Å². The Balaban J connectivity index is 1.54. The monoisotopic (exact) mass is 437 g/mol. The van der Waals surface area contributed by atoms with Gasteiger partial charge < -0.3 is 19.9 Å². The Morgan fingerprint density at radius 1 is 1.03 bits per heavy atom. The minimum Gasteiger partial charge on any atom is -0.378 e. The van der Waals surface area contributed by atoms with E-state index in [4.69, 9.17) is 4.74 Å². The zero-order valence-corrected chi connectivity index (χ0v) is 19.9. The van der Waals surface area contributed by atoms with Crippen molar-refractivity contribution < 1.29 is 14.3 Å². The quantitative estimate of drug-likeness (QED) is 0.750. The third-order valence-corrected chi connectivity index (χ3v) is 5.84. The summed E-state index contributed by atoms with van der Waals surface area (Å²) in [6.07, 6.45) is 0. The van der Waals surface area contributed by atoms with Crippen molar-refractivity contribution in [1.29, 1.82) is 0 Å². The number of nitrogens with zero attached hydrogens (tertiary/aromatic N) is 2. The lowest BCUT2D eigenvalue weighted by atomic mass is 9.86. The fraction of sp³-hybridized carbons (Fsp3) is 0.462. The molecule has 1 aliphatic rings. The Morgan fingerprint density at radius 3 is 2.19 bits per heavy atom. The summed E-state index contributed by atoms with van der Waals surface area (Å²) >= 11 is 0. The molecular formula is C26H35N3O3. The van der Waals surface area contributed by atoms with Gasteiger partial charge in [-0.05, 0) is 47.7 Å². The Morgan fingerprint density at radius 2 is 1.62 bits per heavy atom. The van der Waals surface area contributed by atoms with Crippen LogP contribution in [0.5, 0.6) is 0 Å². The number of carbonyl (C=O) groups is 2. The molecule has 3 rings (SSSR count). The van der Waals surface area contributed by atoms with E-state index in [1.807, 2.05) is 24.3 Å². The number of amides is 2. The number of hydrogen-bond donors (Lipinski definition) is 1. The van der Waals surface area contributed by atoms with Gasteiger partial charge >= 0.3 is 0 Å². The highest BCUT2D eigenvalue weighted by Crippen LogP contribution is 2.22. The van der Waals surface area contributed by atoms with Crippen LogP contribution >= 0.6 is 0 Å². The first-order valence-electron chi connectivity index (χ1n) is 11.2. The van der Waals surface area contributed by atoms with Gasteiger partial charge in [-0.2, -0.15) is 0 Å². The van der Waals surface area contributed by atoms with Gasteiger partial charge in [0.15, 0.2) is 0 Å². The molecule has 2 amide bonds. The van der Waals surface area contributed by atoms with Crippen molar-refractivity contribution in [2.24, 2.45) is 0 Å². The van der Waals surface area contributed by atoms with Gasteiger partial charge in [0.2, 0.25) is 5.91 Å². The summed E-state index contributed by atoms with van der Waals surface area (Å²) in [4.78, 5) is 29.3. The molecule has 0 spiro atoms. The topological polar surface area (TPSA) is 61.9 Å². The molecular weight excluding hydrogens is 402 g/mol. The number of ether oxygens (including phenoxy) is 1. The van der Waals surface area contributed by atoms with Crippen LogP contribution in [-0.2, 0) is 21.5 Å². The zero-order valence-electron chi connectivity index (χ0n) is 19.9. The second kappa shape index (κ2) is 10.2. The molecule has 1 saturated heterocycles. The number of likely N-dealkylation sites (N-methyl/N-ethyl adjacent to an activating group) is 1. The summed E-state index contributed by atoms with van der Waals surface area (Å²) in [7, 11) is 1.76. The highest BCUT2D eigenvalue weighted by molar-refractivity contribution is 5.97.